The average Bonchev–Trinajstić information content (AvgIpc) is 3.30. The molecule has 0 radical (unpaired) electrons. The van der Waals surface area contributed by atoms with Crippen LogP contribution in [0.2, 0.25) is 0 Å². The first-order valence-corrected chi connectivity index (χ1v) is 11.4. The number of carbonyl (C=O) groups excluding carboxylic acids is 1. The number of nitrogens with one attached hydrogen (secondary N) is 1. The van der Waals surface area contributed by atoms with Crippen molar-refractivity contribution in [2.45, 2.75) is 38.2 Å². The Labute approximate surface area is 165 Å². The molecule has 4 rings (SSSR count). The summed E-state index contributed by atoms with van der Waals surface area (Å²) in [6.07, 6.45) is 6.64. The Morgan fingerprint density at radius 1 is 1.14 bits per heavy atom. The van der Waals surface area contributed by atoms with Gasteiger partial charge < -0.3 is 10.1 Å². The summed E-state index contributed by atoms with van der Waals surface area (Å²) in [4.78, 5) is 12.7. The van der Waals surface area contributed by atoms with Crippen LogP contribution in [0, 0.1) is 0 Å². The van der Waals surface area contributed by atoms with Gasteiger partial charge in [0.05, 0.1) is 18.0 Å². The summed E-state index contributed by atoms with van der Waals surface area (Å²) in [7, 11) is -3.29. The summed E-state index contributed by atoms with van der Waals surface area (Å²) in [5, 5.41) is 2.91. The van der Waals surface area contributed by atoms with Crippen LogP contribution in [0.4, 0.5) is 11.4 Å². The fourth-order valence-electron chi connectivity index (χ4n) is 3.91. The Bertz CT molecular complexity index is 997. The van der Waals surface area contributed by atoms with Gasteiger partial charge in [-0.05, 0) is 68.0 Å². The van der Waals surface area contributed by atoms with Crippen molar-refractivity contribution in [3.63, 3.8) is 0 Å². The van der Waals surface area contributed by atoms with Gasteiger partial charge in [0.1, 0.15) is 5.75 Å². The molecule has 0 unspecified atom stereocenters. The van der Waals surface area contributed by atoms with E-state index in [9.17, 15) is 13.2 Å². The van der Waals surface area contributed by atoms with Crippen LogP contribution in [0.5, 0.6) is 5.75 Å². The van der Waals surface area contributed by atoms with Crippen LogP contribution in [-0.2, 0) is 16.4 Å². The normalized spacial score (nSPS) is 16.8. The van der Waals surface area contributed by atoms with Crippen molar-refractivity contribution in [2.24, 2.45) is 0 Å². The number of fused-ring (bicyclic) bond motifs is 1. The van der Waals surface area contributed by atoms with Crippen LogP contribution in [0.15, 0.2) is 42.5 Å². The number of amides is 1. The van der Waals surface area contributed by atoms with Crippen LogP contribution in [0.3, 0.4) is 0 Å². The molecule has 0 saturated heterocycles. The highest BCUT2D eigenvalue weighted by molar-refractivity contribution is 7.92. The standard InChI is InChI=1S/C21H24N2O4S/c1-28(25,26)23-12-11-15-13-16(9-10-20(15)23)21(24)22-17-5-4-8-19(14-17)27-18-6-2-3-7-18/h4-5,8-10,13-14,18H,2-3,6-7,11-12H2,1H3,(H,22,24). The molecule has 148 valence electrons. The van der Waals surface area contributed by atoms with Crippen molar-refractivity contribution in [2.75, 3.05) is 22.4 Å². The minimum absolute atomic E-state index is 0.223. The highest BCUT2D eigenvalue weighted by Crippen LogP contribution is 2.31. The molecule has 6 nitrogen and oxygen atoms in total. The van der Waals surface area contributed by atoms with Gasteiger partial charge in [-0.3, -0.25) is 9.10 Å². The third kappa shape index (κ3) is 3.99. The molecule has 28 heavy (non-hydrogen) atoms. The van der Waals surface area contributed by atoms with Crippen molar-refractivity contribution in [1.29, 1.82) is 0 Å². The first-order chi connectivity index (χ1) is 13.4. The number of rotatable bonds is 5. The molecule has 1 N–H and O–H groups in total. The van der Waals surface area contributed by atoms with Crippen molar-refractivity contribution < 1.29 is 17.9 Å². The first kappa shape index (κ1) is 18.8. The number of hydrogen-bond acceptors (Lipinski definition) is 4. The molecule has 1 aliphatic carbocycles. The molecule has 2 aliphatic rings. The fourth-order valence-corrected chi connectivity index (χ4v) is 4.86. The lowest BCUT2D eigenvalue weighted by Crippen LogP contribution is -2.27. The smallest absolute Gasteiger partial charge is 0.255 e. The number of ether oxygens (including phenoxy) is 1. The van der Waals surface area contributed by atoms with Gasteiger partial charge in [-0.25, -0.2) is 8.42 Å². The zero-order chi connectivity index (χ0) is 19.7. The molecule has 0 aromatic heterocycles. The largest absolute Gasteiger partial charge is 0.490 e. The van der Waals surface area contributed by atoms with Crippen LogP contribution >= 0.6 is 0 Å². The predicted octanol–water partition coefficient (Wildman–Crippen LogP) is 3.58. The lowest BCUT2D eigenvalue weighted by atomic mass is 10.1. The van der Waals surface area contributed by atoms with Gasteiger partial charge in [-0.1, -0.05) is 6.07 Å². The number of anilines is 2. The van der Waals surface area contributed by atoms with E-state index in [0.717, 1.165) is 24.2 Å². The van der Waals surface area contributed by atoms with E-state index < -0.39 is 10.0 Å². The maximum absolute atomic E-state index is 12.7. The first-order valence-electron chi connectivity index (χ1n) is 9.59. The van der Waals surface area contributed by atoms with E-state index in [1.165, 1.54) is 23.4 Å². The van der Waals surface area contributed by atoms with Gasteiger partial charge in [-0.2, -0.15) is 0 Å². The third-order valence-electron chi connectivity index (χ3n) is 5.29. The Morgan fingerprint density at radius 3 is 2.68 bits per heavy atom. The zero-order valence-electron chi connectivity index (χ0n) is 15.8. The molecule has 7 heteroatoms. The molecule has 2 aromatic rings. The average molecular weight is 401 g/mol. The Morgan fingerprint density at radius 2 is 1.93 bits per heavy atom. The lowest BCUT2D eigenvalue weighted by molar-refractivity contribution is 0.102. The van der Waals surface area contributed by atoms with Gasteiger partial charge >= 0.3 is 0 Å². The molecular formula is C21H24N2O4S. The van der Waals surface area contributed by atoms with Crippen molar-refractivity contribution in [1.82, 2.24) is 0 Å². The molecule has 0 bridgehead atoms. The summed E-state index contributed by atoms with van der Waals surface area (Å²) in [5.41, 5.74) is 2.72. The second-order valence-electron chi connectivity index (χ2n) is 7.43. The van der Waals surface area contributed by atoms with Crippen LogP contribution in [0.25, 0.3) is 0 Å². The van der Waals surface area contributed by atoms with Crippen LogP contribution in [-0.4, -0.2) is 33.2 Å². The van der Waals surface area contributed by atoms with E-state index >= 15 is 0 Å². The molecule has 0 spiro atoms. The molecule has 1 amide bonds. The number of sulfonamides is 1. The van der Waals surface area contributed by atoms with Crippen molar-refractivity contribution >= 4 is 27.3 Å². The molecule has 0 atom stereocenters. The molecule has 1 aliphatic heterocycles. The minimum atomic E-state index is -3.29. The van der Waals surface area contributed by atoms with E-state index in [1.807, 2.05) is 24.3 Å². The number of benzene rings is 2. The Kier molecular flexibility index (Phi) is 5.02. The Balaban J connectivity index is 1.47. The number of carbonyl (C=O) groups is 1. The highest BCUT2D eigenvalue weighted by Gasteiger charge is 2.26. The van der Waals surface area contributed by atoms with Crippen molar-refractivity contribution in [3.8, 4) is 5.75 Å². The number of hydrogen-bond donors (Lipinski definition) is 1. The predicted molar refractivity (Wildman–Crippen MR) is 110 cm³/mol. The third-order valence-corrected chi connectivity index (χ3v) is 6.47. The van der Waals surface area contributed by atoms with Gasteiger partial charge in [0.15, 0.2) is 0 Å². The lowest BCUT2D eigenvalue weighted by Gasteiger charge is -2.16. The van der Waals surface area contributed by atoms with Gasteiger partial charge in [0.25, 0.3) is 5.91 Å². The Hall–Kier alpha value is -2.54. The van der Waals surface area contributed by atoms with E-state index in [2.05, 4.69) is 5.32 Å². The van der Waals surface area contributed by atoms with Crippen LogP contribution < -0.4 is 14.4 Å². The van der Waals surface area contributed by atoms with E-state index in [1.54, 1.807) is 18.2 Å². The maximum atomic E-state index is 12.7. The summed E-state index contributed by atoms with van der Waals surface area (Å²) in [5.74, 6) is 0.543. The molecule has 1 saturated carbocycles. The van der Waals surface area contributed by atoms with Crippen LogP contribution in [0.1, 0.15) is 41.6 Å². The molecule has 2 aromatic carbocycles. The zero-order valence-corrected chi connectivity index (χ0v) is 16.7. The van der Waals surface area contributed by atoms with Gasteiger partial charge in [-0.15, -0.1) is 0 Å². The van der Waals surface area contributed by atoms with E-state index in [0.29, 0.717) is 29.9 Å². The molecule has 1 heterocycles. The van der Waals surface area contributed by atoms with E-state index in [-0.39, 0.29) is 12.0 Å². The van der Waals surface area contributed by atoms with E-state index in [4.69, 9.17) is 4.74 Å². The van der Waals surface area contributed by atoms with Gasteiger partial charge in [0, 0.05) is 23.9 Å². The minimum Gasteiger partial charge on any atom is -0.490 e. The molecular weight excluding hydrogens is 376 g/mol. The quantitative estimate of drug-likeness (QED) is 0.832. The summed E-state index contributed by atoms with van der Waals surface area (Å²) >= 11 is 0. The second kappa shape index (κ2) is 7.47. The summed E-state index contributed by atoms with van der Waals surface area (Å²) in [6, 6.07) is 12.6. The maximum Gasteiger partial charge on any atom is 0.255 e. The summed E-state index contributed by atoms with van der Waals surface area (Å²) in [6.45, 7) is 0.416. The topological polar surface area (TPSA) is 75.7 Å². The monoisotopic (exact) mass is 400 g/mol. The SMILES string of the molecule is CS(=O)(=O)N1CCc2cc(C(=O)Nc3cccc(OC4CCCC4)c3)ccc21. The number of nitrogens with zero attached hydrogens (tertiary/aromatic N) is 1. The summed E-state index contributed by atoms with van der Waals surface area (Å²) < 4.78 is 31.1. The van der Waals surface area contributed by atoms with Gasteiger partial charge in [0.2, 0.25) is 10.0 Å². The van der Waals surface area contributed by atoms with Crippen molar-refractivity contribution in [3.05, 3.63) is 53.6 Å². The fraction of sp³-hybridized carbons (Fsp3) is 0.381. The molecule has 1 fully saturated rings. The second-order valence-corrected chi connectivity index (χ2v) is 9.34. The highest BCUT2D eigenvalue weighted by atomic mass is 32.2.